The third-order valence-electron chi connectivity index (χ3n) is 5.38. The fourth-order valence-corrected chi connectivity index (χ4v) is 5.61. The van der Waals surface area contributed by atoms with Crippen LogP contribution in [0.1, 0.15) is 29.8 Å². The van der Waals surface area contributed by atoms with Gasteiger partial charge in [0.2, 0.25) is 10.0 Å². The molecule has 4 rings (SSSR count). The molecule has 1 N–H and O–H groups in total. The van der Waals surface area contributed by atoms with Crippen molar-refractivity contribution in [1.29, 1.82) is 0 Å². The van der Waals surface area contributed by atoms with Crippen LogP contribution < -0.4 is 5.69 Å². The lowest BCUT2D eigenvalue weighted by Gasteiger charge is -2.30. The molecule has 1 aliphatic heterocycles. The van der Waals surface area contributed by atoms with Crippen molar-refractivity contribution < 1.29 is 8.42 Å². The second-order valence-electron chi connectivity index (χ2n) is 7.54. The molecule has 0 saturated carbocycles. The molecular weight excluding hydrogens is 420 g/mol. The van der Waals surface area contributed by atoms with Crippen LogP contribution in [-0.4, -0.2) is 40.6 Å². The number of sulfonamides is 1. The summed E-state index contributed by atoms with van der Waals surface area (Å²) in [6.07, 6.45) is 3.76. The minimum absolute atomic E-state index is 0.242. The van der Waals surface area contributed by atoms with Gasteiger partial charge in [0.1, 0.15) is 10.8 Å². The summed E-state index contributed by atoms with van der Waals surface area (Å²) >= 11 is 1.49. The maximum atomic E-state index is 12.7. The van der Waals surface area contributed by atoms with Crippen LogP contribution in [0, 0.1) is 12.8 Å². The van der Waals surface area contributed by atoms with Gasteiger partial charge in [-0.15, -0.1) is 11.3 Å². The van der Waals surface area contributed by atoms with E-state index in [0.717, 1.165) is 29.0 Å². The van der Waals surface area contributed by atoms with Crippen LogP contribution in [0.3, 0.4) is 0 Å². The van der Waals surface area contributed by atoms with Gasteiger partial charge in [-0.3, -0.25) is 0 Å². The molecule has 1 saturated heterocycles. The highest BCUT2D eigenvalue weighted by atomic mass is 32.2. The summed E-state index contributed by atoms with van der Waals surface area (Å²) in [7, 11) is -3.45. The maximum Gasteiger partial charge on any atom is 0.348 e. The lowest BCUT2D eigenvalue weighted by atomic mass is 9.94. The maximum absolute atomic E-state index is 12.7. The summed E-state index contributed by atoms with van der Waals surface area (Å²) < 4.78 is 28.5. The van der Waals surface area contributed by atoms with Gasteiger partial charge in [0, 0.05) is 24.9 Å². The highest BCUT2D eigenvalue weighted by molar-refractivity contribution is 7.92. The molecular formula is C21H24N4O3S2. The van der Waals surface area contributed by atoms with E-state index in [1.807, 2.05) is 48.7 Å². The van der Waals surface area contributed by atoms with Crippen molar-refractivity contribution in [3.8, 4) is 5.00 Å². The number of hydrogen-bond acceptors (Lipinski definition) is 5. The number of piperidine rings is 1. The van der Waals surface area contributed by atoms with Crippen LogP contribution >= 0.6 is 11.3 Å². The summed E-state index contributed by atoms with van der Waals surface area (Å²) in [5, 5.41) is 10.8. The molecule has 3 aromatic rings. The SMILES string of the molecule is Cc1ccc(C=CS(=O)(=O)N2CCC(Cc3n[nH]c(=O)n3-c3cccs3)CC2)cc1. The number of benzene rings is 1. The summed E-state index contributed by atoms with van der Waals surface area (Å²) in [5.41, 5.74) is 1.76. The Bertz CT molecular complexity index is 1170. The van der Waals surface area contributed by atoms with Crippen molar-refractivity contribution in [2.75, 3.05) is 13.1 Å². The Morgan fingerprint density at radius 1 is 1.20 bits per heavy atom. The molecule has 1 aromatic carbocycles. The fourth-order valence-electron chi connectivity index (χ4n) is 3.65. The quantitative estimate of drug-likeness (QED) is 0.632. The van der Waals surface area contributed by atoms with E-state index in [0.29, 0.717) is 25.3 Å². The van der Waals surface area contributed by atoms with E-state index < -0.39 is 10.0 Å². The summed E-state index contributed by atoms with van der Waals surface area (Å²) in [6, 6.07) is 11.5. The molecule has 0 unspecified atom stereocenters. The lowest BCUT2D eigenvalue weighted by molar-refractivity contribution is 0.272. The average molecular weight is 445 g/mol. The average Bonchev–Trinajstić information content (AvgIpc) is 3.38. The topological polar surface area (TPSA) is 88.1 Å². The highest BCUT2D eigenvalue weighted by Gasteiger charge is 2.27. The van der Waals surface area contributed by atoms with Crippen molar-refractivity contribution >= 4 is 27.4 Å². The summed E-state index contributed by atoms with van der Waals surface area (Å²) in [5.74, 6) is 0.981. The minimum Gasteiger partial charge on any atom is -0.246 e. The Kier molecular flexibility index (Phi) is 6.03. The van der Waals surface area contributed by atoms with Crippen molar-refractivity contribution in [1.82, 2.24) is 19.1 Å². The Labute approximate surface area is 179 Å². The van der Waals surface area contributed by atoms with Crippen molar-refractivity contribution in [2.24, 2.45) is 5.92 Å². The first-order valence-electron chi connectivity index (χ1n) is 9.87. The zero-order valence-corrected chi connectivity index (χ0v) is 18.3. The predicted molar refractivity (Wildman–Crippen MR) is 119 cm³/mol. The van der Waals surface area contributed by atoms with Crippen LogP contribution in [0.2, 0.25) is 0 Å². The smallest absolute Gasteiger partial charge is 0.246 e. The molecule has 0 aliphatic carbocycles. The summed E-state index contributed by atoms with van der Waals surface area (Å²) in [4.78, 5) is 12.1. The normalized spacial score (nSPS) is 16.4. The Morgan fingerprint density at radius 3 is 2.60 bits per heavy atom. The van der Waals surface area contributed by atoms with Crippen molar-refractivity contribution in [2.45, 2.75) is 26.2 Å². The first kappa shape index (κ1) is 20.8. The number of aromatic amines is 1. The molecule has 7 nitrogen and oxygen atoms in total. The molecule has 9 heteroatoms. The Morgan fingerprint density at radius 2 is 1.93 bits per heavy atom. The second kappa shape index (κ2) is 8.71. The van der Waals surface area contributed by atoms with Crippen molar-refractivity contribution in [3.63, 3.8) is 0 Å². The van der Waals surface area contributed by atoms with Gasteiger partial charge in [0.15, 0.2) is 0 Å². The second-order valence-corrected chi connectivity index (χ2v) is 10.3. The van der Waals surface area contributed by atoms with Gasteiger partial charge in [-0.1, -0.05) is 29.8 Å². The van der Waals surface area contributed by atoms with Gasteiger partial charge in [0.05, 0.1) is 0 Å². The van der Waals surface area contributed by atoms with E-state index in [9.17, 15) is 13.2 Å². The van der Waals surface area contributed by atoms with E-state index in [1.54, 1.807) is 10.6 Å². The zero-order chi connectivity index (χ0) is 21.1. The molecule has 1 aliphatic rings. The number of aromatic nitrogens is 3. The number of hydrogen-bond donors (Lipinski definition) is 1. The third-order valence-corrected chi connectivity index (χ3v) is 7.80. The van der Waals surface area contributed by atoms with E-state index >= 15 is 0 Å². The number of thiophene rings is 1. The molecule has 3 heterocycles. The van der Waals surface area contributed by atoms with Crippen LogP contribution in [0.4, 0.5) is 0 Å². The fraction of sp³-hybridized carbons (Fsp3) is 0.333. The standard InChI is InChI=1S/C21H24N4O3S2/c1-16-4-6-17(7-5-16)10-14-30(27,28)24-11-8-18(9-12-24)15-19-22-23-21(26)25(19)20-3-2-13-29-20/h2-7,10,13-14,18H,8-9,11-12,15H2,1H3,(H,23,26). The Hall–Kier alpha value is -2.49. The van der Waals surface area contributed by atoms with E-state index in [-0.39, 0.29) is 11.6 Å². The number of rotatable bonds is 6. The molecule has 1 fully saturated rings. The molecule has 0 bridgehead atoms. The van der Waals surface area contributed by atoms with Gasteiger partial charge in [-0.2, -0.15) is 9.40 Å². The third kappa shape index (κ3) is 4.63. The van der Waals surface area contributed by atoms with Gasteiger partial charge in [-0.05, 0) is 54.8 Å². The lowest BCUT2D eigenvalue weighted by Crippen LogP contribution is -2.38. The molecule has 0 atom stereocenters. The Balaban J connectivity index is 1.38. The van der Waals surface area contributed by atoms with Crippen molar-refractivity contribution in [3.05, 3.63) is 74.6 Å². The number of aryl methyl sites for hydroxylation is 1. The predicted octanol–water partition coefficient (Wildman–Crippen LogP) is 3.19. The molecule has 0 amide bonds. The monoisotopic (exact) mass is 444 g/mol. The van der Waals surface area contributed by atoms with Gasteiger partial charge in [-0.25, -0.2) is 22.9 Å². The van der Waals surface area contributed by atoms with E-state index in [1.165, 1.54) is 21.1 Å². The van der Waals surface area contributed by atoms with Crippen LogP contribution in [0.25, 0.3) is 11.1 Å². The van der Waals surface area contributed by atoms with Crippen LogP contribution in [-0.2, 0) is 16.4 Å². The minimum atomic E-state index is -3.45. The van der Waals surface area contributed by atoms with E-state index in [4.69, 9.17) is 0 Å². The number of nitrogens with zero attached hydrogens (tertiary/aromatic N) is 3. The number of H-pyrrole nitrogens is 1. The van der Waals surface area contributed by atoms with Gasteiger partial charge in [0.25, 0.3) is 0 Å². The molecule has 2 aromatic heterocycles. The summed E-state index contributed by atoms with van der Waals surface area (Å²) in [6.45, 7) is 2.94. The van der Waals surface area contributed by atoms with Crippen LogP contribution in [0.15, 0.2) is 52.0 Å². The molecule has 0 spiro atoms. The largest absolute Gasteiger partial charge is 0.348 e. The first-order chi connectivity index (χ1) is 14.4. The zero-order valence-electron chi connectivity index (χ0n) is 16.7. The number of nitrogens with one attached hydrogen (secondary N) is 1. The highest BCUT2D eigenvalue weighted by Crippen LogP contribution is 2.24. The molecule has 0 radical (unpaired) electrons. The molecule has 158 valence electrons. The van der Waals surface area contributed by atoms with Gasteiger partial charge >= 0.3 is 5.69 Å². The van der Waals surface area contributed by atoms with Gasteiger partial charge < -0.3 is 0 Å². The van der Waals surface area contributed by atoms with Crippen LogP contribution in [0.5, 0.6) is 0 Å². The molecule has 30 heavy (non-hydrogen) atoms. The van der Waals surface area contributed by atoms with E-state index in [2.05, 4.69) is 10.2 Å². The first-order valence-corrected chi connectivity index (χ1v) is 12.3.